The zero-order chi connectivity index (χ0) is 17.8. The third kappa shape index (κ3) is 4.13. The third-order valence-corrected chi connectivity index (χ3v) is 3.71. The summed E-state index contributed by atoms with van der Waals surface area (Å²) in [4.78, 5) is 19.0. The molecule has 0 aliphatic carbocycles. The summed E-state index contributed by atoms with van der Waals surface area (Å²) in [5.41, 5.74) is 6.49. The number of hydrogen-bond acceptors (Lipinski definition) is 5. The first-order chi connectivity index (χ1) is 12.0. The molecule has 3 N–H and O–H groups in total. The van der Waals surface area contributed by atoms with Gasteiger partial charge in [-0.15, -0.1) is 0 Å². The van der Waals surface area contributed by atoms with E-state index in [9.17, 15) is 9.18 Å². The molecule has 1 heterocycles. The van der Waals surface area contributed by atoms with Crippen molar-refractivity contribution in [3.05, 3.63) is 59.1 Å². The van der Waals surface area contributed by atoms with Crippen molar-refractivity contribution >= 4 is 34.2 Å². The predicted octanol–water partition coefficient (Wildman–Crippen LogP) is 2.90. The van der Waals surface area contributed by atoms with Gasteiger partial charge < -0.3 is 15.8 Å². The maximum atomic E-state index is 13.7. The molecule has 0 atom stereocenters. The van der Waals surface area contributed by atoms with Gasteiger partial charge >= 0.3 is 0 Å². The van der Waals surface area contributed by atoms with Crippen LogP contribution in [0.1, 0.15) is 5.56 Å². The van der Waals surface area contributed by atoms with E-state index in [1.165, 1.54) is 18.5 Å². The van der Waals surface area contributed by atoms with Crippen LogP contribution in [0.4, 0.5) is 10.2 Å². The Balaban J connectivity index is 1.78. The first-order valence-electron chi connectivity index (χ1n) is 7.36. The van der Waals surface area contributed by atoms with Crippen LogP contribution in [0.25, 0.3) is 10.9 Å². The van der Waals surface area contributed by atoms with Crippen LogP contribution in [0.5, 0.6) is 5.75 Å². The van der Waals surface area contributed by atoms with Crippen molar-refractivity contribution in [1.82, 2.24) is 9.97 Å². The molecule has 6 nitrogen and oxygen atoms in total. The summed E-state index contributed by atoms with van der Waals surface area (Å²) >= 11 is 5.78. The maximum Gasteiger partial charge on any atom is 0.255 e. The summed E-state index contributed by atoms with van der Waals surface area (Å²) < 4.78 is 19.0. The van der Waals surface area contributed by atoms with E-state index in [1.54, 1.807) is 18.2 Å². The molecule has 0 radical (unpaired) electrons. The molecule has 3 aromatic rings. The number of halogens is 2. The molecule has 0 fully saturated rings. The summed E-state index contributed by atoms with van der Waals surface area (Å²) in [6.45, 7) is 0.234. The van der Waals surface area contributed by atoms with Crippen molar-refractivity contribution in [3.8, 4) is 5.75 Å². The van der Waals surface area contributed by atoms with Crippen LogP contribution in [-0.2, 0) is 11.3 Å². The largest absolute Gasteiger partial charge is 0.484 e. The number of nitrogens with zero attached hydrogens (tertiary/aromatic N) is 2. The van der Waals surface area contributed by atoms with Crippen LogP contribution < -0.4 is 15.8 Å². The number of carbonyl (C=O) groups is 1. The normalized spacial score (nSPS) is 10.6. The minimum Gasteiger partial charge on any atom is -0.484 e. The van der Waals surface area contributed by atoms with Crippen molar-refractivity contribution in [2.45, 2.75) is 6.54 Å². The molecule has 25 heavy (non-hydrogen) atoms. The third-order valence-electron chi connectivity index (χ3n) is 3.42. The van der Waals surface area contributed by atoms with Crippen LogP contribution in [0, 0.1) is 5.82 Å². The lowest BCUT2D eigenvalue weighted by Crippen LogP contribution is -2.20. The van der Waals surface area contributed by atoms with Gasteiger partial charge in [-0.2, -0.15) is 0 Å². The molecule has 0 bridgehead atoms. The fourth-order valence-corrected chi connectivity index (χ4v) is 2.44. The lowest BCUT2D eigenvalue weighted by Gasteiger charge is -2.10. The fourth-order valence-electron chi connectivity index (χ4n) is 2.28. The zero-order valence-electron chi connectivity index (χ0n) is 13.0. The number of primary amides is 1. The van der Waals surface area contributed by atoms with Crippen molar-refractivity contribution < 1.29 is 13.9 Å². The van der Waals surface area contributed by atoms with Crippen LogP contribution >= 0.6 is 11.6 Å². The van der Waals surface area contributed by atoms with E-state index in [0.29, 0.717) is 29.0 Å². The molecule has 0 spiro atoms. The highest BCUT2D eigenvalue weighted by Gasteiger charge is 2.09. The average Bonchev–Trinajstić information content (AvgIpc) is 2.59. The van der Waals surface area contributed by atoms with Crippen LogP contribution in [0.3, 0.4) is 0 Å². The van der Waals surface area contributed by atoms with Crippen molar-refractivity contribution in [1.29, 1.82) is 0 Å². The molecule has 0 aliphatic rings. The van der Waals surface area contributed by atoms with Gasteiger partial charge in [0.25, 0.3) is 5.91 Å². The number of nitrogens with one attached hydrogen (secondary N) is 1. The molecule has 1 amide bonds. The molecular weight excluding hydrogens is 347 g/mol. The Kier molecular flexibility index (Phi) is 4.95. The van der Waals surface area contributed by atoms with Gasteiger partial charge in [0.2, 0.25) is 0 Å². The Morgan fingerprint density at radius 2 is 2.12 bits per heavy atom. The molecule has 128 valence electrons. The number of rotatable bonds is 6. The van der Waals surface area contributed by atoms with Crippen LogP contribution in [0.15, 0.2) is 42.7 Å². The molecule has 2 aromatic carbocycles. The van der Waals surface area contributed by atoms with Crippen LogP contribution in [-0.4, -0.2) is 22.5 Å². The minimum absolute atomic E-state index is 0.0106. The molecular formula is C17H14ClFN4O2. The average molecular weight is 361 g/mol. The number of hydrogen-bond donors (Lipinski definition) is 2. The second kappa shape index (κ2) is 7.31. The SMILES string of the molecule is NC(=O)COc1cccc(CNc2ncnc3cc(Cl)c(F)cc23)c1. The highest BCUT2D eigenvalue weighted by molar-refractivity contribution is 6.31. The van der Waals surface area contributed by atoms with Gasteiger partial charge in [-0.25, -0.2) is 14.4 Å². The Morgan fingerprint density at radius 1 is 1.28 bits per heavy atom. The van der Waals surface area contributed by atoms with E-state index >= 15 is 0 Å². The Labute approximate surface area is 147 Å². The zero-order valence-corrected chi connectivity index (χ0v) is 13.8. The number of nitrogens with two attached hydrogens (primary N) is 1. The van der Waals surface area contributed by atoms with E-state index in [-0.39, 0.29) is 11.6 Å². The van der Waals surface area contributed by atoms with Crippen LogP contribution in [0.2, 0.25) is 5.02 Å². The molecule has 0 unspecified atom stereocenters. The van der Waals surface area contributed by atoms with Gasteiger partial charge in [-0.3, -0.25) is 4.79 Å². The molecule has 0 aliphatic heterocycles. The number of fused-ring (bicyclic) bond motifs is 1. The van der Waals surface area contributed by atoms with Gasteiger partial charge in [0, 0.05) is 11.9 Å². The quantitative estimate of drug-likeness (QED) is 0.705. The number of amides is 1. The van der Waals surface area contributed by atoms with E-state index in [4.69, 9.17) is 22.1 Å². The highest BCUT2D eigenvalue weighted by Crippen LogP contribution is 2.26. The number of anilines is 1. The number of ether oxygens (including phenoxy) is 1. The van der Waals surface area contributed by atoms with Crippen molar-refractivity contribution in [3.63, 3.8) is 0 Å². The summed E-state index contributed by atoms with van der Waals surface area (Å²) in [6, 6.07) is 9.93. The first-order valence-corrected chi connectivity index (χ1v) is 7.74. The summed E-state index contributed by atoms with van der Waals surface area (Å²) in [7, 11) is 0. The van der Waals surface area contributed by atoms with Gasteiger partial charge in [-0.05, 0) is 29.8 Å². The van der Waals surface area contributed by atoms with Gasteiger partial charge in [0.1, 0.15) is 23.7 Å². The van der Waals surface area contributed by atoms with Crippen molar-refractivity contribution in [2.75, 3.05) is 11.9 Å². The molecule has 1 aromatic heterocycles. The fraction of sp³-hybridized carbons (Fsp3) is 0.118. The summed E-state index contributed by atoms with van der Waals surface area (Å²) in [6.07, 6.45) is 1.38. The number of carbonyl (C=O) groups excluding carboxylic acids is 1. The molecule has 0 saturated carbocycles. The van der Waals surface area contributed by atoms with E-state index in [0.717, 1.165) is 5.56 Å². The smallest absolute Gasteiger partial charge is 0.255 e. The molecule has 3 rings (SSSR count). The summed E-state index contributed by atoms with van der Waals surface area (Å²) in [5.74, 6) is -0.0574. The standard InChI is InChI=1S/C17H14ClFN4O2/c18-13-6-15-12(5-14(13)19)17(23-9-22-15)21-7-10-2-1-3-11(4-10)25-8-16(20)24/h1-6,9H,7-8H2,(H2,20,24)(H,21,22,23). The van der Waals surface area contributed by atoms with Gasteiger partial charge in [0.15, 0.2) is 6.61 Å². The van der Waals surface area contributed by atoms with E-state index < -0.39 is 11.7 Å². The van der Waals surface area contributed by atoms with E-state index in [2.05, 4.69) is 15.3 Å². The second-order valence-corrected chi connectivity index (χ2v) is 5.67. The predicted molar refractivity (Wildman–Crippen MR) is 93.0 cm³/mol. The number of aromatic nitrogens is 2. The number of benzene rings is 2. The Hall–Kier alpha value is -2.93. The second-order valence-electron chi connectivity index (χ2n) is 5.26. The Morgan fingerprint density at radius 3 is 2.92 bits per heavy atom. The van der Waals surface area contributed by atoms with E-state index in [1.807, 2.05) is 6.07 Å². The first kappa shape index (κ1) is 16.9. The topological polar surface area (TPSA) is 90.1 Å². The lowest BCUT2D eigenvalue weighted by molar-refractivity contribution is -0.119. The molecule has 0 saturated heterocycles. The Bertz CT molecular complexity index is 936. The highest BCUT2D eigenvalue weighted by atomic mass is 35.5. The van der Waals surface area contributed by atoms with Gasteiger partial charge in [-0.1, -0.05) is 23.7 Å². The monoisotopic (exact) mass is 360 g/mol. The maximum absolute atomic E-state index is 13.7. The minimum atomic E-state index is -0.545. The van der Waals surface area contributed by atoms with Gasteiger partial charge in [0.05, 0.1) is 10.5 Å². The lowest BCUT2D eigenvalue weighted by atomic mass is 10.2. The van der Waals surface area contributed by atoms with Crippen molar-refractivity contribution in [2.24, 2.45) is 5.73 Å². The molecule has 8 heteroatoms. The summed E-state index contributed by atoms with van der Waals surface area (Å²) in [5, 5.41) is 3.68.